The van der Waals surface area contributed by atoms with Crippen LogP contribution in [0.4, 0.5) is 4.79 Å². The molecule has 108 valence electrons. The maximum atomic E-state index is 12.3. The lowest BCUT2D eigenvalue weighted by Gasteiger charge is -2.32. The lowest BCUT2D eigenvalue weighted by Crippen LogP contribution is -2.43. The number of carbonyl (C=O) groups excluding carboxylic acids is 1. The fourth-order valence-electron chi connectivity index (χ4n) is 3.26. The number of ether oxygens (including phenoxy) is 1. The Morgan fingerprint density at radius 3 is 2.86 bits per heavy atom. The van der Waals surface area contributed by atoms with Gasteiger partial charge in [0.2, 0.25) is 0 Å². The number of terminal acetylenes is 1. The van der Waals surface area contributed by atoms with E-state index in [1.165, 1.54) is 5.57 Å². The van der Waals surface area contributed by atoms with Crippen LogP contribution in [0.1, 0.15) is 31.2 Å². The summed E-state index contributed by atoms with van der Waals surface area (Å²) in [5.41, 5.74) is 2.30. The van der Waals surface area contributed by atoms with Gasteiger partial charge in [-0.15, -0.1) is 12.3 Å². The molecule has 21 heavy (non-hydrogen) atoms. The van der Waals surface area contributed by atoms with Crippen molar-refractivity contribution in [3.63, 3.8) is 0 Å². The first-order chi connectivity index (χ1) is 10.3. The molecule has 0 aliphatic carbocycles. The molecule has 1 saturated heterocycles. The Hall–Kier alpha value is -2.21. The third-order valence-corrected chi connectivity index (χ3v) is 4.22. The van der Waals surface area contributed by atoms with Crippen molar-refractivity contribution >= 4 is 6.09 Å². The quantitative estimate of drug-likeness (QED) is 0.627. The number of hydrogen-bond acceptors (Lipinski definition) is 2. The summed E-state index contributed by atoms with van der Waals surface area (Å²) in [6.07, 6.45) is 11.0. The Morgan fingerprint density at radius 2 is 2.14 bits per heavy atom. The number of benzene rings is 1. The van der Waals surface area contributed by atoms with Gasteiger partial charge in [-0.3, -0.25) is 4.90 Å². The van der Waals surface area contributed by atoms with Gasteiger partial charge in [-0.05, 0) is 24.8 Å². The molecule has 2 aliphatic heterocycles. The molecule has 1 amide bonds. The van der Waals surface area contributed by atoms with Crippen molar-refractivity contribution in [3.05, 3.63) is 47.5 Å². The van der Waals surface area contributed by atoms with E-state index in [1.807, 2.05) is 35.2 Å². The fraction of sp³-hybridized carbons (Fsp3) is 0.389. The molecule has 0 spiro atoms. The van der Waals surface area contributed by atoms with Crippen LogP contribution in [0.15, 0.2) is 42.0 Å². The summed E-state index contributed by atoms with van der Waals surface area (Å²) in [5.74, 6) is 2.69. The minimum atomic E-state index is -0.206. The molecule has 2 bridgehead atoms. The predicted molar refractivity (Wildman–Crippen MR) is 81.4 cm³/mol. The van der Waals surface area contributed by atoms with Crippen molar-refractivity contribution in [2.45, 2.75) is 44.4 Å². The Balaban J connectivity index is 1.63. The van der Waals surface area contributed by atoms with Crippen molar-refractivity contribution in [3.8, 4) is 12.3 Å². The first-order valence-corrected chi connectivity index (χ1v) is 7.40. The molecule has 2 atom stereocenters. The van der Waals surface area contributed by atoms with E-state index in [-0.39, 0.29) is 18.2 Å². The molecular formula is C18H19NO2. The van der Waals surface area contributed by atoms with Gasteiger partial charge in [0, 0.05) is 12.5 Å². The van der Waals surface area contributed by atoms with Gasteiger partial charge in [-0.25, -0.2) is 4.79 Å². The highest BCUT2D eigenvalue weighted by molar-refractivity contribution is 5.70. The van der Waals surface area contributed by atoms with Crippen LogP contribution in [-0.2, 0) is 11.3 Å². The summed E-state index contributed by atoms with van der Waals surface area (Å²) in [7, 11) is 0. The fourth-order valence-corrected chi connectivity index (χ4v) is 3.26. The standard InChI is InChI=1S/C18H19NO2/c1-2-6-15-11-16-9-10-17(12-15)19(16)18(20)21-13-14-7-4-3-5-8-14/h1,3-5,7-8,11,16-17H,6,9-10,12-13H2. The molecule has 3 nitrogen and oxygen atoms in total. The van der Waals surface area contributed by atoms with E-state index >= 15 is 0 Å². The zero-order valence-electron chi connectivity index (χ0n) is 12.0. The summed E-state index contributed by atoms with van der Waals surface area (Å²) < 4.78 is 5.46. The monoisotopic (exact) mass is 281 g/mol. The Bertz CT molecular complexity index is 585. The molecule has 3 heteroatoms. The van der Waals surface area contributed by atoms with Crippen LogP contribution in [0.2, 0.25) is 0 Å². The highest BCUT2D eigenvalue weighted by Gasteiger charge is 2.40. The van der Waals surface area contributed by atoms with E-state index in [2.05, 4.69) is 12.0 Å². The largest absolute Gasteiger partial charge is 0.445 e. The SMILES string of the molecule is C#CCC1=CC2CCC(C1)N2C(=O)OCc1ccccc1. The zero-order chi connectivity index (χ0) is 14.7. The third kappa shape index (κ3) is 2.95. The molecule has 3 rings (SSSR count). The number of fused-ring (bicyclic) bond motifs is 2. The van der Waals surface area contributed by atoms with Crippen molar-refractivity contribution < 1.29 is 9.53 Å². The summed E-state index contributed by atoms with van der Waals surface area (Å²) in [6.45, 7) is 0.330. The van der Waals surface area contributed by atoms with Gasteiger partial charge in [0.1, 0.15) is 6.61 Å². The number of rotatable bonds is 3. The molecule has 1 fully saturated rings. The molecular weight excluding hydrogens is 262 g/mol. The molecule has 1 aromatic rings. The second-order valence-electron chi connectivity index (χ2n) is 5.66. The number of amides is 1. The minimum Gasteiger partial charge on any atom is -0.445 e. The van der Waals surface area contributed by atoms with Gasteiger partial charge in [0.25, 0.3) is 0 Å². The number of nitrogens with zero attached hydrogens (tertiary/aromatic N) is 1. The van der Waals surface area contributed by atoms with E-state index in [9.17, 15) is 4.79 Å². The van der Waals surface area contributed by atoms with Crippen molar-refractivity contribution in [2.24, 2.45) is 0 Å². The maximum Gasteiger partial charge on any atom is 0.410 e. The molecule has 0 radical (unpaired) electrons. The van der Waals surface area contributed by atoms with Gasteiger partial charge in [-0.2, -0.15) is 0 Å². The second-order valence-corrected chi connectivity index (χ2v) is 5.66. The Morgan fingerprint density at radius 1 is 1.33 bits per heavy atom. The Labute approximate surface area is 125 Å². The van der Waals surface area contributed by atoms with E-state index in [0.29, 0.717) is 13.0 Å². The average molecular weight is 281 g/mol. The summed E-state index contributed by atoms with van der Waals surface area (Å²) in [4.78, 5) is 14.2. The third-order valence-electron chi connectivity index (χ3n) is 4.22. The molecule has 2 heterocycles. The molecule has 0 saturated carbocycles. The molecule has 1 aromatic carbocycles. The highest BCUT2D eigenvalue weighted by atomic mass is 16.6. The average Bonchev–Trinajstić information content (AvgIpc) is 2.78. The number of carbonyl (C=O) groups is 1. The molecule has 0 aromatic heterocycles. The minimum absolute atomic E-state index is 0.162. The van der Waals surface area contributed by atoms with Gasteiger partial charge >= 0.3 is 6.09 Å². The molecule has 2 unspecified atom stereocenters. The van der Waals surface area contributed by atoms with Crippen LogP contribution >= 0.6 is 0 Å². The highest BCUT2D eigenvalue weighted by Crippen LogP contribution is 2.36. The van der Waals surface area contributed by atoms with E-state index in [0.717, 1.165) is 24.8 Å². The smallest absolute Gasteiger partial charge is 0.410 e. The first kappa shape index (κ1) is 13.8. The summed E-state index contributed by atoms with van der Waals surface area (Å²) in [5, 5.41) is 0. The van der Waals surface area contributed by atoms with E-state index in [1.54, 1.807) is 0 Å². The van der Waals surface area contributed by atoms with Crippen LogP contribution < -0.4 is 0 Å². The van der Waals surface area contributed by atoms with E-state index in [4.69, 9.17) is 11.2 Å². The van der Waals surface area contributed by atoms with E-state index < -0.39 is 0 Å². The van der Waals surface area contributed by atoms with Crippen LogP contribution in [0.3, 0.4) is 0 Å². The van der Waals surface area contributed by atoms with Crippen LogP contribution in [-0.4, -0.2) is 23.1 Å². The van der Waals surface area contributed by atoms with Gasteiger partial charge in [0.05, 0.1) is 6.04 Å². The van der Waals surface area contributed by atoms with Crippen LogP contribution in [0.5, 0.6) is 0 Å². The summed E-state index contributed by atoms with van der Waals surface area (Å²) in [6, 6.07) is 10.2. The van der Waals surface area contributed by atoms with Crippen molar-refractivity contribution in [1.82, 2.24) is 4.90 Å². The summed E-state index contributed by atoms with van der Waals surface area (Å²) >= 11 is 0. The predicted octanol–water partition coefficient (Wildman–Crippen LogP) is 3.51. The van der Waals surface area contributed by atoms with Crippen LogP contribution in [0, 0.1) is 12.3 Å². The van der Waals surface area contributed by atoms with Crippen molar-refractivity contribution in [2.75, 3.05) is 0 Å². The van der Waals surface area contributed by atoms with Crippen molar-refractivity contribution in [1.29, 1.82) is 0 Å². The maximum absolute atomic E-state index is 12.3. The first-order valence-electron chi connectivity index (χ1n) is 7.40. The second kappa shape index (κ2) is 6.05. The number of hydrogen-bond donors (Lipinski definition) is 0. The zero-order valence-corrected chi connectivity index (χ0v) is 12.0. The molecule has 2 aliphatic rings. The Kier molecular flexibility index (Phi) is 3.96. The van der Waals surface area contributed by atoms with Crippen LogP contribution in [0.25, 0.3) is 0 Å². The normalized spacial score (nSPS) is 23.4. The lowest BCUT2D eigenvalue weighted by atomic mass is 9.99. The van der Waals surface area contributed by atoms with Gasteiger partial charge in [-0.1, -0.05) is 42.0 Å². The topological polar surface area (TPSA) is 29.5 Å². The molecule has 0 N–H and O–H groups in total. The van der Waals surface area contributed by atoms with Gasteiger partial charge in [0.15, 0.2) is 0 Å². The lowest BCUT2D eigenvalue weighted by molar-refractivity contribution is 0.0816. The van der Waals surface area contributed by atoms with Gasteiger partial charge < -0.3 is 4.74 Å².